The highest BCUT2D eigenvalue weighted by Crippen LogP contribution is 2.32. The average molecular weight is 443 g/mol. The molecule has 0 atom stereocenters. The normalized spacial score (nSPS) is 13.8. The second kappa shape index (κ2) is 10.8. The van der Waals surface area contributed by atoms with E-state index in [0.717, 1.165) is 23.1 Å². The Bertz CT molecular complexity index is 902. The average Bonchev–Trinajstić information content (AvgIpc) is 2.79. The third-order valence-corrected chi connectivity index (χ3v) is 4.54. The summed E-state index contributed by atoms with van der Waals surface area (Å²) >= 11 is 0. The Kier molecular flexibility index (Phi) is 8.48. The summed E-state index contributed by atoms with van der Waals surface area (Å²) in [7, 11) is 0. The van der Waals surface area contributed by atoms with Gasteiger partial charge in [-0.3, -0.25) is 9.69 Å². The fraction of sp³-hybridized carbons (Fsp3) is 0.300. The van der Waals surface area contributed by atoms with E-state index in [1.54, 1.807) is 0 Å². The standard InChI is InChI=1S/C20H18F4N2O3.H3NO/c21-18-10-14(13-27)4-5-15(18)12-26(19(28)25-6-8-29-9-7-25)17-3-1-2-16(11-17)20(22,23)24;1-2/h1-5,10-11,13H,6-9,12H2;2H,1H2. The lowest BCUT2D eigenvalue weighted by Gasteiger charge is -2.33. The van der Waals surface area contributed by atoms with Crippen LogP contribution in [0.15, 0.2) is 42.5 Å². The second-order valence-corrected chi connectivity index (χ2v) is 6.48. The van der Waals surface area contributed by atoms with Crippen LogP contribution in [0, 0.1) is 5.82 Å². The van der Waals surface area contributed by atoms with Crippen molar-refractivity contribution in [1.29, 1.82) is 0 Å². The van der Waals surface area contributed by atoms with Crippen molar-refractivity contribution in [2.45, 2.75) is 12.7 Å². The van der Waals surface area contributed by atoms with Gasteiger partial charge in [-0.2, -0.15) is 13.2 Å². The maximum Gasteiger partial charge on any atom is 0.416 e. The van der Waals surface area contributed by atoms with Crippen molar-refractivity contribution in [3.63, 3.8) is 0 Å². The number of alkyl halides is 3. The predicted molar refractivity (Wildman–Crippen MR) is 103 cm³/mol. The van der Waals surface area contributed by atoms with Gasteiger partial charge in [0.25, 0.3) is 0 Å². The van der Waals surface area contributed by atoms with E-state index in [-0.39, 0.29) is 36.4 Å². The second-order valence-electron chi connectivity index (χ2n) is 6.48. The number of morpholine rings is 1. The lowest BCUT2D eigenvalue weighted by atomic mass is 10.1. The third kappa shape index (κ3) is 6.23. The van der Waals surface area contributed by atoms with Gasteiger partial charge in [0.2, 0.25) is 0 Å². The van der Waals surface area contributed by atoms with Crippen LogP contribution in [-0.2, 0) is 17.5 Å². The van der Waals surface area contributed by atoms with Crippen LogP contribution in [-0.4, -0.2) is 48.7 Å². The molecule has 0 unspecified atom stereocenters. The summed E-state index contributed by atoms with van der Waals surface area (Å²) in [4.78, 5) is 26.4. The van der Waals surface area contributed by atoms with Gasteiger partial charge in [0.05, 0.1) is 25.3 Å². The van der Waals surface area contributed by atoms with Crippen molar-refractivity contribution in [2.24, 2.45) is 5.90 Å². The molecule has 11 heteroatoms. The lowest BCUT2D eigenvalue weighted by molar-refractivity contribution is -0.137. The summed E-state index contributed by atoms with van der Waals surface area (Å²) in [6.45, 7) is 0.888. The molecule has 0 saturated carbocycles. The topological polar surface area (TPSA) is 96.1 Å². The predicted octanol–water partition coefficient (Wildman–Crippen LogP) is 3.45. The largest absolute Gasteiger partial charge is 0.416 e. The molecule has 3 N–H and O–H groups in total. The molecule has 31 heavy (non-hydrogen) atoms. The molecular weight excluding hydrogens is 422 g/mol. The molecule has 1 heterocycles. The van der Waals surface area contributed by atoms with Gasteiger partial charge in [0.1, 0.15) is 12.1 Å². The number of aldehydes is 1. The lowest BCUT2D eigenvalue weighted by Crippen LogP contribution is -2.48. The maximum absolute atomic E-state index is 14.4. The van der Waals surface area contributed by atoms with Gasteiger partial charge < -0.3 is 14.8 Å². The molecule has 1 fully saturated rings. The van der Waals surface area contributed by atoms with E-state index >= 15 is 0 Å². The molecule has 0 aromatic heterocycles. The fourth-order valence-corrected chi connectivity index (χ4v) is 2.98. The van der Waals surface area contributed by atoms with E-state index in [1.165, 1.54) is 29.2 Å². The van der Waals surface area contributed by atoms with Crippen LogP contribution in [0.5, 0.6) is 0 Å². The molecule has 1 saturated heterocycles. The number of amides is 2. The Hall–Kier alpha value is -3.02. The first-order chi connectivity index (χ1) is 14.8. The monoisotopic (exact) mass is 443 g/mol. The summed E-state index contributed by atoms with van der Waals surface area (Å²) < 4.78 is 59.0. The summed E-state index contributed by atoms with van der Waals surface area (Å²) in [5.74, 6) is 2.78. The van der Waals surface area contributed by atoms with Crippen LogP contribution in [0.4, 0.5) is 28.0 Å². The summed E-state index contributed by atoms with van der Waals surface area (Å²) in [6.07, 6.45) is -4.10. The van der Waals surface area contributed by atoms with Crippen molar-refractivity contribution in [3.8, 4) is 0 Å². The number of hydrogen-bond acceptors (Lipinski definition) is 5. The smallest absolute Gasteiger partial charge is 0.378 e. The van der Waals surface area contributed by atoms with Crippen LogP contribution in [0.2, 0.25) is 0 Å². The molecule has 1 aliphatic rings. The molecule has 3 rings (SSSR count). The number of benzene rings is 2. The van der Waals surface area contributed by atoms with Crippen LogP contribution in [0.3, 0.4) is 0 Å². The van der Waals surface area contributed by atoms with E-state index in [9.17, 15) is 27.2 Å². The molecule has 2 aromatic carbocycles. The van der Waals surface area contributed by atoms with E-state index in [1.807, 2.05) is 0 Å². The highest BCUT2D eigenvalue weighted by Gasteiger charge is 2.32. The number of carbonyl (C=O) groups is 2. The van der Waals surface area contributed by atoms with E-state index < -0.39 is 23.6 Å². The van der Waals surface area contributed by atoms with Crippen molar-refractivity contribution >= 4 is 18.0 Å². The van der Waals surface area contributed by atoms with E-state index in [0.29, 0.717) is 19.5 Å². The van der Waals surface area contributed by atoms with Crippen molar-refractivity contribution in [3.05, 3.63) is 65.0 Å². The quantitative estimate of drug-likeness (QED) is 0.429. The Morgan fingerprint density at radius 1 is 1.16 bits per heavy atom. The number of ether oxygens (including phenoxy) is 1. The van der Waals surface area contributed by atoms with Gasteiger partial charge in [-0.15, -0.1) is 0 Å². The van der Waals surface area contributed by atoms with Gasteiger partial charge in [-0.25, -0.2) is 15.1 Å². The minimum absolute atomic E-state index is 0.00446. The minimum Gasteiger partial charge on any atom is -0.378 e. The maximum atomic E-state index is 14.4. The van der Waals surface area contributed by atoms with Gasteiger partial charge in [0, 0.05) is 29.9 Å². The number of urea groups is 1. The third-order valence-electron chi connectivity index (χ3n) is 4.54. The molecule has 1 aliphatic heterocycles. The van der Waals surface area contributed by atoms with E-state index in [2.05, 4.69) is 5.90 Å². The zero-order chi connectivity index (χ0) is 23.0. The summed E-state index contributed by atoms with van der Waals surface area (Å²) in [5, 5.41) is 6.50. The zero-order valence-corrected chi connectivity index (χ0v) is 16.3. The Balaban J connectivity index is 0.00000166. The number of carbonyl (C=O) groups excluding carboxylic acids is 2. The van der Waals surface area contributed by atoms with Crippen LogP contribution < -0.4 is 10.8 Å². The SMILES string of the molecule is NO.O=Cc1ccc(CN(C(=O)N2CCOCC2)c2cccc(C(F)(F)F)c2)c(F)c1. The number of nitrogens with two attached hydrogens (primary N) is 1. The molecule has 0 aliphatic carbocycles. The summed E-state index contributed by atoms with van der Waals surface area (Å²) in [6, 6.07) is 7.52. The van der Waals surface area contributed by atoms with E-state index in [4.69, 9.17) is 9.94 Å². The zero-order valence-electron chi connectivity index (χ0n) is 16.3. The Morgan fingerprint density at radius 2 is 1.84 bits per heavy atom. The minimum atomic E-state index is -4.58. The van der Waals surface area contributed by atoms with Gasteiger partial charge in [-0.1, -0.05) is 18.2 Å². The van der Waals surface area contributed by atoms with Crippen molar-refractivity contribution < 1.29 is 37.1 Å². The first kappa shape index (κ1) is 24.3. The molecule has 0 bridgehead atoms. The van der Waals surface area contributed by atoms with Gasteiger partial charge in [-0.05, 0) is 24.3 Å². The number of nitrogens with zero attached hydrogens (tertiary/aromatic N) is 2. The summed E-state index contributed by atoms with van der Waals surface area (Å²) in [5.41, 5.74) is -0.715. The number of halogens is 4. The van der Waals surface area contributed by atoms with Crippen LogP contribution >= 0.6 is 0 Å². The highest BCUT2D eigenvalue weighted by atomic mass is 19.4. The first-order valence-electron chi connectivity index (χ1n) is 9.10. The molecular formula is C20H21F4N3O4. The first-order valence-corrected chi connectivity index (χ1v) is 9.10. The van der Waals surface area contributed by atoms with Gasteiger partial charge >= 0.3 is 12.2 Å². The highest BCUT2D eigenvalue weighted by molar-refractivity contribution is 5.92. The van der Waals surface area contributed by atoms with Crippen molar-refractivity contribution in [2.75, 3.05) is 31.2 Å². The van der Waals surface area contributed by atoms with Gasteiger partial charge in [0.15, 0.2) is 0 Å². The van der Waals surface area contributed by atoms with Crippen LogP contribution in [0.1, 0.15) is 21.5 Å². The number of hydrogen-bond donors (Lipinski definition) is 2. The number of anilines is 1. The Morgan fingerprint density at radius 3 is 2.42 bits per heavy atom. The molecule has 7 nitrogen and oxygen atoms in total. The molecule has 0 radical (unpaired) electrons. The molecule has 168 valence electrons. The molecule has 2 aromatic rings. The number of rotatable bonds is 4. The molecule has 0 spiro atoms. The Labute approximate surface area is 175 Å². The molecule has 2 amide bonds. The van der Waals surface area contributed by atoms with Crippen LogP contribution in [0.25, 0.3) is 0 Å². The fourth-order valence-electron chi connectivity index (χ4n) is 2.98. The van der Waals surface area contributed by atoms with Crippen molar-refractivity contribution in [1.82, 2.24) is 4.90 Å².